The van der Waals surface area contributed by atoms with E-state index in [1.807, 2.05) is 13.0 Å². The molecule has 2 heterocycles. The first-order valence-electron chi connectivity index (χ1n) is 6.60. The van der Waals surface area contributed by atoms with Gasteiger partial charge in [-0.25, -0.2) is 4.98 Å². The van der Waals surface area contributed by atoms with Crippen LogP contribution < -0.4 is 4.72 Å². The molecule has 8 heteroatoms. The smallest absolute Gasteiger partial charge is 0.295 e. The first-order valence-corrected chi connectivity index (χ1v) is 8.87. The molecular formula is C14H13BrN4O2S. The molecule has 0 aliphatic rings. The van der Waals surface area contributed by atoms with E-state index < -0.39 is 10.0 Å². The number of imidazole rings is 1. The summed E-state index contributed by atoms with van der Waals surface area (Å²) in [7, 11) is -3.77. The molecule has 0 aliphatic heterocycles. The number of hydrogen-bond acceptors (Lipinski definition) is 4. The van der Waals surface area contributed by atoms with E-state index in [2.05, 4.69) is 30.6 Å². The molecule has 0 bridgehead atoms. The number of sulfonamides is 1. The third-order valence-corrected chi connectivity index (χ3v) is 5.22. The molecule has 1 N–H and O–H groups in total. The number of nitrogens with zero attached hydrogens (tertiary/aromatic N) is 3. The van der Waals surface area contributed by atoms with Crippen LogP contribution in [-0.4, -0.2) is 23.0 Å². The van der Waals surface area contributed by atoms with Gasteiger partial charge in [0.1, 0.15) is 0 Å². The number of halogens is 1. The number of anilines is 1. The van der Waals surface area contributed by atoms with Crippen molar-refractivity contribution in [3.8, 4) is 0 Å². The van der Waals surface area contributed by atoms with Crippen molar-refractivity contribution in [1.29, 1.82) is 0 Å². The van der Waals surface area contributed by atoms with E-state index in [0.717, 1.165) is 9.86 Å². The number of pyridine rings is 1. The number of aryl methyl sites for hydroxylation is 1. The highest BCUT2D eigenvalue weighted by Gasteiger charge is 2.21. The summed E-state index contributed by atoms with van der Waals surface area (Å²) in [5, 5.41) is 0.823. The highest BCUT2D eigenvalue weighted by Crippen LogP contribution is 2.29. The predicted octanol–water partition coefficient (Wildman–Crippen LogP) is 3.01. The van der Waals surface area contributed by atoms with Gasteiger partial charge in [0.25, 0.3) is 10.0 Å². The van der Waals surface area contributed by atoms with Crippen LogP contribution in [0.25, 0.3) is 10.9 Å². The Labute approximate surface area is 136 Å². The molecular weight excluding hydrogens is 368 g/mol. The summed E-state index contributed by atoms with van der Waals surface area (Å²) in [6, 6.07) is 7.14. The van der Waals surface area contributed by atoms with E-state index in [9.17, 15) is 8.42 Å². The van der Waals surface area contributed by atoms with Gasteiger partial charge in [-0.05, 0) is 25.1 Å². The van der Waals surface area contributed by atoms with Crippen molar-refractivity contribution in [3.05, 3.63) is 47.3 Å². The quantitative estimate of drug-likeness (QED) is 0.754. The highest BCUT2D eigenvalue weighted by molar-refractivity contribution is 9.10. The summed E-state index contributed by atoms with van der Waals surface area (Å²) < 4.78 is 30.1. The largest absolute Gasteiger partial charge is 0.321 e. The zero-order valence-electron chi connectivity index (χ0n) is 11.7. The average Bonchev–Trinajstić information content (AvgIpc) is 3.00. The fourth-order valence-corrected chi connectivity index (χ4v) is 3.89. The minimum atomic E-state index is -3.77. The summed E-state index contributed by atoms with van der Waals surface area (Å²) >= 11 is 3.44. The summed E-state index contributed by atoms with van der Waals surface area (Å²) in [6.45, 7) is 2.38. The molecule has 0 spiro atoms. The molecule has 6 nitrogen and oxygen atoms in total. The normalized spacial score (nSPS) is 11.7. The van der Waals surface area contributed by atoms with Crippen molar-refractivity contribution >= 4 is 42.5 Å². The van der Waals surface area contributed by atoms with Crippen LogP contribution in [0.15, 0.2) is 52.5 Å². The summed E-state index contributed by atoms with van der Waals surface area (Å²) in [4.78, 5) is 8.20. The standard InChI is InChI=1S/C14H13BrN4O2S/c1-2-19-9-8-17-14(19)22(20,21)18-12-6-5-11(15)10-4-3-7-16-13(10)12/h3-9,18H,2H2,1H3. The monoisotopic (exact) mass is 380 g/mol. The lowest BCUT2D eigenvalue weighted by Gasteiger charge is -2.11. The number of nitrogens with one attached hydrogen (secondary N) is 1. The van der Waals surface area contributed by atoms with Gasteiger partial charge >= 0.3 is 0 Å². The maximum atomic E-state index is 12.5. The second kappa shape index (κ2) is 5.69. The van der Waals surface area contributed by atoms with Crippen molar-refractivity contribution in [3.63, 3.8) is 0 Å². The van der Waals surface area contributed by atoms with Crippen LogP contribution in [0.5, 0.6) is 0 Å². The molecule has 0 aliphatic carbocycles. The van der Waals surface area contributed by atoms with Gasteiger partial charge in [0, 0.05) is 35.0 Å². The van der Waals surface area contributed by atoms with Crippen molar-refractivity contribution < 1.29 is 8.42 Å². The van der Waals surface area contributed by atoms with Crippen LogP contribution in [0.2, 0.25) is 0 Å². The van der Waals surface area contributed by atoms with Crippen LogP contribution in [0.1, 0.15) is 6.92 Å². The van der Waals surface area contributed by atoms with Gasteiger partial charge in [-0.3, -0.25) is 9.71 Å². The van der Waals surface area contributed by atoms with Gasteiger partial charge < -0.3 is 4.57 Å². The highest BCUT2D eigenvalue weighted by atomic mass is 79.9. The lowest BCUT2D eigenvalue weighted by Crippen LogP contribution is -2.18. The second-order valence-electron chi connectivity index (χ2n) is 4.60. The number of aromatic nitrogens is 3. The Balaban J connectivity index is 2.09. The summed E-state index contributed by atoms with van der Waals surface area (Å²) in [5.74, 6) is 0. The third kappa shape index (κ3) is 2.59. The van der Waals surface area contributed by atoms with Crippen LogP contribution in [-0.2, 0) is 16.6 Å². The average molecular weight is 381 g/mol. The Morgan fingerprint density at radius 1 is 1.23 bits per heavy atom. The lowest BCUT2D eigenvalue weighted by atomic mass is 10.2. The lowest BCUT2D eigenvalue weighted by molar-refractivity contribution is 0.574. The molecule has 114 valence electrons. The molecule has 3 rings (SSSR count). The van der Waals surface area contributed by atoms with Crippen LogP contribution in [0.3, 0.4) is 0 Å². The molecule has 3 aromatic rings. The molecule has 22 heavy (non-hydrogen) atoms. The van der Waals surface area contributed by atoms with Gasteiger partial charge in [-0.1, -0.05) is 22.0 Å². The fraction of sp³-hybridized carbons (Fsp3) is 0.143. The van der Waals surface area contributed by atoms with Crippen LogP contribution >= 0.6 is 15.9 Å². The number of fused-ring (bicyclic) bond motifs is 1. The number of hydrogen-bond donors (Lipinski definition) is 1. The zero-order valence-corrected chi connectivity index (χ0v) is 14.1. The van der Waals surface area contributed by atoms with Crippen molar-refractivity contribution in [2.45, 2.75) is 18.6 Å². The molecule has 0 radical (unpaired) electrons. The minimum absolute atomic E-state index is 0.0120. The van der Waals surface area contributed by atoms with Crippen molar-refractivity contribution in [1.82, 2.24) is 14.5 Å². The maximum Gasteiger partial charge on any atom is 0.295 e. The molecule has 2 aromatic heterocycles. The van der Waals surface area contributed by atoms with Crippen LogP contribution in [0, 0.1) is 0 Å². The second-order valence-corrected chi connectivity index (χ2v) is 7.03. The number of rotatable bonds is 4. The zero-order chi connectivity index (χ0) is 15.7. The molecule has 0 amide bonds. The van der Waals surface area contributed by atoms with Crippen molar-refractivity contribution in [2.24, 2.45) is 0 Å². The van der Waals surface area contributed by atoms with Crippen molar-refractivity contribution in [2.75, 3.05) is 4.72 Å². The molecule has 0 fully saturated rings. The molecule has 0 atom stereocenters. The minimum Gasteiger partial charge on any atom is -0.321 e. The van der Waals surface area contributed by atoms with E-state index in [-0.39, 0.29) is 5.16 Å². The molecule has 0 saturated heterocycles. The summed E-state index contributed by atoms with van der Waals surface area (Å²) in [6.07, 6.45) is 4.72. The Hall–Kier alpha value is -1.93. The Kier molecular flexibility index (Phi) is 3.88. The summed E-state index contributed by atoms with van der Waals surface area (Å²) in [5.41, 5.74) is 1.000. The van der Waals surface area contributed by atoms with Gasteiger partial charge in [0.15, 0.2) is 0 Å². The molecule has 0 unspecified atom stereocenters. The van der Waals surface area contributed by atoms with Gasteiger partial charge in [0.05, 0.1) is 11.2 Å². The predicted molar refractivity (Wildman–Crippen MR) is 88.2 cm³/mol. The van der Waals surface area contributed by atoms with Gasteiger partial charge in [-0.2, -0.15) is 8.42 Å². The third-order valence-electron chi connectivity index (χ3n) is 3.22. The molecule has 1 aromatic carbocycles. The van der Waals surface area contributed by atoms with Crippen LogP contribution in [0.4, 0.5) is 5.69 Å². The SMILES string of the molecule is CCn1ccnc1S(=O)(=O)Nc1ccc(Br)c2cccnc12. The first-order chi connectivity index (χ1) is 10.5. The van der Waals surface area contributed by atoms with Gasteiger partial charge in [-0.15, -0.1) is 0 Å². The maximum absolute atomic E-state index is 12.5. The van der Waals surface area contributed by atoms with Gasteiger partial charge in [0.2, 0.25) is 5.16 Å². The van der Waals surface area contributed by atoms with E-state index in [1.165, 1.54) is 6.20 Å². The van der Waals surface area contributed by atoms with E-state index in [4.69, 9.17) is 0 Å². The Morgan fingerprint density at radius 3 is 2.82 bits per heavy atom. The topological polar surface area (TPSA) is 76.9 Å². The van der Waals surface area contributed by atoms with E-state index in [1.54, 1.807) is 35.2 Å². The Morgan fingerprint density at radius 2 is 2.05 bits per heavy atom. The molecule has 0 saturated carbocycles. The van der Waals surface area contributed by atoms with E-state index >= 15 is 0 Å². The first kappa shape index (κ1) is 15.0. The number of benzene rings is 1. The van der Waals surface area contributed by atoms with E-state index in [0.29, 0.717) is 17.7 Å². The Bertz CT molecular complexity index is 937. The fourth-order valence-electron chi connectivity index (χ4n) is 2.19.